The van der Waals surface area contributed by atoms with Gasteiger partial charge in [0.25, 0.3) is 11.1 Å². The number of piperidine rings is 1. The number of benzene rings is 1. The van der Waals surface area contributed by atoms with Crippen LogP contribution in [0, 0.1) is 0 Å². The molecular weight excluding hydrogens is 424 g/mol. The first kappa shape index (κ1) is 20.8. The van der Waals surface area contributed by atoms with Crippen LogP contribution in [0.15, 0.2) is 45.7 Å². The van der Waals surface area contributed by atoms with E-state index in [1.54, 1.807) is 29.2 Å². The Balaban J connectivity index is 1.47. The van der Waals surface area contributed by atoms with Crippen LogP contribution < -0.4 is 0 Å². The molecule has 3 amide bonds. The molecule has 3 heterocycles. The summed E-state index contributed by atoms with van der Waals surface area (Å²) in [5.74, 6) is 0.402. The summed E-state index contributed by atoms with van der Waals surface area (Å²) in [4.78, 5) is 40.7. The maximum absolute atomic E-state index is 12.7. The number of hydrogen-bond acceptors (Lipinski definition) is 5. The quantitative estimate of drug-likeness (QED) is 0.618. The molecule has 0 aliphatic carbocycles. The Morgan fingerprint density at radius 3 is 2.87 bits per heavy atom. The second kappa shape index (κ2) is 8.70. The van der Waals surface area contributed by atoms with Crippen LogP contribution in [0.5, 0.6) is 0 Å². The molecule has 4 rings (SSSR count). The van der Waals surface area contributed by atoms with Crippen molar-refractivity contribution in [3.05, 3.63) is 52.1 Å². The number of hydrogen-bond donors (Lipinski definition) is 0. The lowest BCUT2D eigenvalue weighted by Gasteiger charge is -2.34. The Hall–Kier alpha value is -2.51. The molecule has 0 spiro atoms. The van der Waals surface area contributed by atoms with Gasteiger partial charge >= 0.3 is 0 Å². The molecule has 0 unspecified atom stereocenters. The van der Waals surface area contributed by atoms with Gasteiger partial charge in [-0.3, -0.25) is 19.3 Å². The van der Waals surface area contributed by atoms with E-state index >= 15 is 0 Å². The molecule has 2 aliphatic rings. The van der Waals surface area contributed by atoms with Gasteiger partial charge < -0.3 is 9.32 Å². The number of rotatable bonds is 4. The van der Waals surface area contributed by atoms with Crippen molar-refractivity contribution in [3.63, 3.8) is 0 Å². The Morgan fingerprint density at radius 2 is 2.10 bits per heavy atom. The Bertz CT molecular complexity index is 1030. The Morgan fingerprint density at radius 1 is 1.27 bits per heavy atom. The summed E-state index contributed by atoms with van der Waals surface area (Å²) < 4.78 is 5.79. The number of carbonyl (C=O) groups excluding carboxylic acids is 3. The zero-order chi connectivity index (χ0) is 21.3. The van der Waals surface area contributed by atoms with Crippen LogP contribution in [0.1, 0.15) is 31.9 Å². The lowest BCUT2D eigenvalue weighted by molar-refractivity contribution is -0.138. The minimum atomic E-state index is -0.469. The van der Waals surface area contributed by atoms with Crippen molar-refractivity contribution in [3.8, 4) is 11.3 Å². The summed E-state index contributed by atoms with van der Waals surface area (Å²) >= 11 is 6.84. The van der Waals surface area contributed by atoms with Crippen molar-refractivity contribution < 1.29 is 18.8 Å². The van der Waals surface area contributed by atoms with Gasteiger partial charge in [-0.2, -0.15) is 0 Å². The fourth-order valence-corrected chi connectivity index (χ4v) is 4.70. The molecule has 1 atom stereocenters. The van der Waals surface area contributed by atoms with Gasteiger partial charge in [0.1, 0.15) is 18.1 Å². The molecule has 2 saturated heterocycles. The van der Waals surface area contributed by atoms with E-state index in [1.165, 1.54) is 6.08 Å². The van der Waals surface area contributed by atoms with Crippen LogP contribution in [0.25, 0.3) is 17.4 Å². The summed E-state index contributed by atoms with van der Waals surface area (Å²) in [7, 11) is 0. The fraction of sp³-hybridized carbons (Fsp3) is 0.318. The first-order valence-electron chi connectivity index (χ1n) is 9.83. The third-order valence-corrected chi connectivity index (χ3v) is 6.44. The number of likely N-dealkylation sites (tertiary alicyclic amines) is 1. The number of furan rings is 1. The van der Waals surface area contributed by atoms with Gasteiger partial charge in [-0.1, -0.05) is 23.7 Å². The highest BCUT2D eigenvalue weighted by Gasteiger charge is 2.38. The lowest BCUT2D eigenvalue weighted by atomic mass is 10.0. The summed E-state index contributed by atoms with van der Waals surface area (Å²) in [5.41, 5.74) is 0.816. The molecule has 2 aromatic rings. The van der Waals surface area contributed by atoms with Gasteiger partial charge in [-0.25, -0.2) is 0 Å². The van der Waals surface area contributed by atoms with E-state index in [0.717, 1.165) is 41.5 Å². The van der Waals surface area contributed by atoms with Crippen molar-refractivity contribution in [2.24, 2.45) is 0 Å². The lowest BCUT2D eigenvalue weighted by Crippen LogP contribution is -2.47. The number of nitrogens with zero attached hydrogens (tertiary/aromatic N) is 2. The summed E-state index contributed by atoms with van der Waals surface area (Å²) in [5, 5.41) is 0.158. The van der Waals surface area contributed by atoms with Crippen LogP contribution in [0.4, 0.5) is 4.79 Å². The summed E-state index contributed by atoms with van der Waals surface area (Å²) in [6.45, 7) is 2.45. The Labute approximate surface area is 183 Å². The van der Waals surface area contributed by atoms with E-state index in [1.807, 2.05) is 19.1 Å². The minimum Gasteiger partial charge on any atom is -0.457 e. The topological polar surface area (TPSA) is 70.8 Å². The molecule has 6 nitrogen and oxygen atoms in total. The predicted octanol–water partition coefficient (Wildman–Crippen LogP) is 5.04. The van der Waals surface area contributed by atoms with E-state index in [2.05, 4.69) is 0 Å². The molecule has 0 saturated carbocycles. The highest BCUT2D eigenvalue weighted by molar-refractivity contribution is 8.18. The van der Waals surface area contributed by atoms with Gasteiger partial charge in [0.15, 0.2) is 0 Å². The van der Waals surface area contributed by atoms with Gasteiger partial charge in [-0.15, -0.1) is 0 Å². The monoisotopic (exact) mass is 444 g/mol. The molecule has 1 aromatic carbocycles. The van der Waals surface area contributed by atoms with Crippen molar-refractivity contribution in [1.29, 1.82) is 0 Å². The molecule has 156 valence electrons. The molecule has 1 aromatic heterocycles. The van der Waals surface area contributed by atoms with Crippen molar-refractivity contribution in [2.75, 3.05) is 13.1 Å². The third kappa shape index (κ3) is 4.32. The second-order valence-electron chi connectivity index (χ2n) is 7.41. The third-order valence-electron chi connectivity index (χ3n) is 5.30. The van der Waals surface area contributed by atoms with Crippen molar-refractivity contribution in [1.82, 2.24) is 9.80 Å². The van der Waals surface area contributed by atoms with Crippen molar-refractivity contribution >= 4 is 46.5 Å². The number of amides is 3. The number of imide groups is 1. The van der Waals surface area contributed by atoms with E-state index < -0.39 is 11.1 Å². The first-order valence-corrected chi connectivity index (χ1v) is 11.0. The molecule has 0 N–H and O–H groups in total. The second-order valence-corrected chi connectivity index (χ2v) is 8.84. The molecule has 0 bridgehead atoms. The summed E-state index contributed by atoms with van der Waals surface area (Å²) in [6.07, 6.45) is 4.52. The average Bonchev–Trinajstić information content (AvgIpc) is 3.29. The van der Waals surface area contributed by atoms with Gasteiger partial charge in [0.2, 0.25) is 5.91 Å². The number of carbonyl (C=O) groups is 3. The highest BCUT2D eigenvalue weighted by Crippen LogP contribution is 2.34. The van der Waals surface area contributed by atoms with Gasteiger partial charge in [0, 0.05) is 29.2 Å². The molecule has 0 radical (unpaired) electrons. The Kier molecular flexibility index (Phi) is 6.01. The highest BCUT2D eigenvalue weighted by atomic mass is 35.5. The van der Waals surface area contributed by atoms with Crippen LogP contribution in [0.3, 0.4) is 0 Å². The predicted molar refractivity (Wildman–Crippen MR) is 117 cm³/mol. The molecule has 2 fully saturated rings. The maximum Gasteiger partial charge on any atom is 0.294 e. The van der Waals surface area contributed by atoms with Crippen molar-refractivity contribution in [2.45, 2.75) is 32.2 Å². The maximum atomic E-state index is 12.7. The zero-order valence-electron chi connectivity index (χ0n) is 16.5. The van der Waals surface area contributed by atoms with Crippen LogP contribution in [-0.4, -0.2) is 46.0 Å². The van der Waals surface area contributed by atoms with E-state index in [0.29, 0.717) is 23.1 Å². The smallest absolute Gasteiger partial charge is 0.294 e. The first-order chi connectivity index (χ1) is 14.4. The SMILES string of the molecule is C[C@@H]1CCCCN1C(=O)CN1C(=O)S/C(=C\c2ccc(-c3cccc(Cl)c3)o2)C1=O. The average molecular weight is 445 g/mol. The summed E-state index contributed by atoms with van der Waals surface area (Å²) in [6, 6.07) is 10.9. The van der Waals surface area contributed by atoms with Crippen LogP contribution in [0.2, 0.25) is 5.02 Å². The van der Waals surface area contributed by atoms with E-state index in [4.69, 9.17) is 16.0 Å². The standard InChI is InChI=1S/C22H21ClN2O4S/c1-14-5-2-3-10-24(14)20(26)13-25-21(27)19(30-22(25)28)12-17-8-9-18(29-17)15-6-4-7-16(23)11-15/h4,6-9,11-12,14H,2-3,5,10,13H2,1H3/b19-12-/t14-/m1/s1. The fourth-order valence-electron chi connectivity index (χ4n) is 3.69. The van der Waals surface area contributed by atoms with Gasteiger partial charge in [0.05, 0.1) is 4.91 Å². The van der Waals surface area contributed by atoms with E-state index in [-0.39, 0.29) is 23.4 Å². The van der Waals surface area contributed by atoms with Crippen LogP contribution in [-0.2, 0) is 9.59 Å². The normalized spacial score (nSPS) is 21.0. The zero-order valence-corrected chi connectivity index (χ0v) is 18.0. The molecule has 30 heavy (non-hydrogen) atoms. The molecule has 2 aliphatic heterocycles. The largest absolute Gasteiger partial charge is 0.457 e. The molecular formula is C22H21ClN2O4S. The van der Waals surface area contributed by atoms with Crippen LogP contribution >= 0.6 is 23.4 Å². The number of thioether (sulfide) groups is 1. The van der Waals surface area contributed by atoms with Gasteiger partial charge in [-0.05, 0) is 62.2 Å². The minimum absolute atomic E-state index is 0.134. The molecule has 8 heteroatoms. The van der Waals surface area contributed by atoms with E-state index in [9.17, 15) is 14.4 Å². The number of halogens is 1.